The van der Waals surface area contributed by atoms with Crippen molar-refractivity contribution in [2.24, 2.45) is 5.92 Å². The lowest BCUT2D eigenvalue weighted by molar-refractivity contribution is 0.0877. The second-order valence-corrected chi connectivity index (χ2v) is 9.33. The van der Waals surface area contributed by atoms with Crippen LogP contribution in [0.25, 0.3) is 32.9 Å². The smallest absolute Gasteiger partial charge is 0.200 e. The predicted molar refractivity (Wildman–Crippen MR) is 133 cm³/mol. The van der Waals surface area contributed by atoms with Crippen molar-refractivity contribution in [2.75, 3.05) is 26.7 Å². The number of benzene rings is 2. The van der Waals surface area contributed by atoms with Crippen molar-refractivity contribution in [1.82, 2.24) is 19.9 Å². The molecule has 6 nitrogen and oxygen atoms in total. The molecule has 3 saturated heterocycles. The van der Waals surface area contributed by atoms with Crippen LogP contribution in [0.1, 0.15) is 35.8 Å². The summed E-state index contributed by atoms with van der Waals surface area (Å²) in [6.07, 6.45) is 7.54. The van der Waals surface area contributed by atoms with Crippen molar-refractivity contribution in [1.29, 1.82) is 0 Å². The molecule has 2 N–H and O–H groups in total. The number of aromatic amines is 2. The van der Waals surface area contributed by atoms with Gasteiger partial charge in [-0.1, -0.05) is 0 Å². The van der Waals surface area contributed by atoms with Crippen molar-refractivity contribution in [3.63, 3.8) is 0 Å². The maximum absolute atomic E-state index is 6.24. The summed E-state index contributed by atoms with van der Waals surface area (Å²) in [5.74, 6) is 2.97. The zero-order chi connectivity index (χ0) is 21.2. The lowest BCUT2D eigenvalue weighted by Gasteiger charge is -2.44. The Morgan fingerprint density at radius 2 is 1.94 bits per heavy atom. The summed E-state index contributed by atoms with van der Waals surface area (Å²) in [4.78, 5) is 14.5. The number of rotatable bonds is 4. The van der Waals surface area contributed by atoms with E-state index in [4.69, 9.17) is 14.1 Å². The molecule has 0 spiro atoms. The van der Waals surface area contributed by atoms with Crippen LogP contribution in [-0.4, -0.2) is 46.6 Å². The SMILES string of the molecule is COc1ccc2c(Cc3nc4c(ccc5[nH]cc(C6CN7CCC6CC7)c54)o3)c[nH]c2c1.Cl. The lowest BCUT2D eigenvalue weighted by Crippen LogP contribution is -2.46. The summed E-state index contributed by atoms with van der Waals surface area (Å²) >= 11 is 0. The topological polar surface area (TPSA) is 70.1 Å². The average Bonchev–Trinajstić information content (AvgIpc) is 3.55. The van der Waals surface area contributed by atoms with Gasteiger partial charge in [0.05, 0.1) is 13.5 Å². The molecule has 3 aliphatic rings. The zero-order valence-electron chi connectivity index (χ0n) is 18.6. The number of fused-ring (bicyclic) bond motifs is 7. The Bertz CT molecular complexity index is 1460. The standard InChI is InChI=1S/C26H26N4O2.ClH/c1-31-17-2-3-18-16(12-27-22(18)11-17)10-24-29-26-23(32-24)5-4-21-25(26)19(13-28-21)20-14-30-8-6-15(20)7-9-30;/h2-5,11-13,15,20,27-28H,6-10,14H2,1H3;1H. The first-order valence-corrected chi connectivity index (χ1v) is 11.5. The molecule has 2 aromatic carbocycles. The van der Waals surface area contributed by atoms with E-state index in [9.17, 15) is 0 Å². The minimum atomic E-state index is 0. The predicted octanol–water partition coefficient (Wildman–Crippen LogP) is 5.62. The van der Waals surface area contributed by atoms with E-state index in [1.807, 2.05) is 24.4 Å². The van der Waals surface area contributed by atoms with Gasteiger partial charge in [-0.3, -0.25) is 0 Å². The summed E-state index contributed by atoms with van der Waals surface area (Å²) in [5.41, 5.74) is 6.68. The van der Waals surface area contributed by atoms with Gasteiger partial charge in [0.25, 0.3) is 0 Å². The molecule has 5 aromatic rings. The van der Waals surface area contributed by atoms with E-state index < -0.39 is 0 Å². The van der Waals surface area contributed by atoms with Gasteiger partial charge >= 0.3 is 0 Å². The molecule has 7 heteroatoms. The number of hydrogen-bond acceptors (Lipinski definition) is 4. The molecule has 8 rings (SSSR count). The first-order chi connectivity index (χ1) is 15.8. The molecule has 0 aliphatic carbocycles. The number of aromatic nitrogens is 3. The van der Waals surface area contributed by atoms with Crippen molar-refractivity contribution < 1.29 is 9.15 Å². The van der Waals surface area contributed by atoms with Gasteiger partial charge in [0.15, 0.2) is 11.5 Å². The Labute approximate surface area is 197 Å². The maximum Gasteiger partial charge on any atom is 0.200 e. The molecule has 0 amide bonds. The molecular formula is C26H27ClN4O2. The van der Waals surface area contributed by atoms with Gasteiger partial charge < -0.3 is 24.0 Å². The van der Waals surface area contributed by atoms with Crippen LogP contribution in [0.4, 0.5) is 0 Å². The Hall–Kier alpha value is -2.96. The molecule has 170 valence electrons. The number of oxazole rings is 1. The molecule has 3 aromatic heterocycles. The minimum Gasteiger partial charge on any atom is -0.497 e. The number of nitrogens with one attached hydrogen (secondary N) is 2. The number of methoxy groups -OCH3 is 1. The van der Waals surface area contributed by atoms with Crippen LogP contribution in [0.2, 0.25) is 0 Å². The third kappa shape index (κ3) is 3.23. The molecule has 6 heterocycles. The van der Waals surface area contributed by atoms with Crippen molar-refractivity contribution in [2.45, 2.75) is 25.2 Å². The van der Waals surface area contributed by atoms with Crippen LogP contribution in [0.15, 0.2) is 47.1 Å². The Morgan fingerprint density at radius 1 is 1.09 bits per heavy atom. The van der Waals surface area contributed by atoms with Crippen LogP contribution >= 0.6 is 12.4 Å². The van der Waals surface area contributed by atoms with Gasteiger partial charge in [-0.05, 0) is 67.2 Å². The quantitative estimate of drug-likeness (QED) is 0.363. The van der Waals surface area contributed by atoms with Crippen LogP contribution in [0, 0.1) is 5.92 Å². The molecule has 3 fully saturated rings. The molecule has 2 bridgehead atoms. The van der Waals surface area contributed by atoms with E-state index in [1.54, 1.807) is 7.11 Å². The van der Waals surface area contributed by atoms with Crippen molar-refractivity contribution in [3.8, 4) is 5.75 Å². The van der Waals surface area contributed by atoms with E-state index >= 15 is 0 Å². The molecule has 1 atom stereocenters. The summed E-state index contributed by atoms with van der Waals surface area (Å²) in [6, 6.07) is 10.3. The van der Waals surface area contributed by atoms with Gasteiger partial charge in [-0.25, -0.2) is 4.98 Å². The largest absolute Gasteiger partial charge is 0.497 e. The van der Waals surface area contributed by atoms with E-state index in [2.05, 4.69) is 33.2 Å². The zero-order valence-corrected chi connectivity index (χ0v) is 19.4. The van der Waals surface area contributed by atoms with Gasteiger partial charge in [0.2, 0.25) is 0 Å². The molecule has 3 aliphatic heterocycles. The number of halogens is 1. The van der Waals surface area contributed by atoms with Gasteiger partial charge in [0, 0.05) is 52.7 Å². The van der Waals surface area contributed by atoms with Crippen LogP contribution in [0.5, 0.6) is 5.75 Å². The van der Waals surface area contributed by atoms with Gasteiger partial charge in [-0.15, -0.1) is 12.4 Å². The Kier molecular flexibility index (Phi) is 4.89. The van der Waals surface area contributed by atoms with E-state index in [0.717, 1.165) is 46.2 Å². The number of hydrogen-bond donors (Lipinski definition) is 2. The molecule has 1 unspecified atom stereocenters. The first kappa shape index (κ1) is 20.6. The average molecular weight is 463 g/mol. The molecule has 0 radical (unpaired) electrons. The lowest BCUT2D eigenvalue weighted by atomic mass is 9.75. The van der Waals surface area contributed by atoms with Gasteiger partial charge in [-0.2, -0.15) is 0 Å². The highest BCUT2D eigenvalue weighted by molar-refractivity contribution is 6.04. The highest BCUT2D eigenvalue weighted by Gasteiger charge is 2.36. The minimum absolute atomic E-state index is 0. The fourth-order valence-electron chi connectivity index (χ4n) is 5.97. The number of H-pyrrole nitrogens is 2. The Morgan fingerprint density at radius 3 is 2.73 bits per heavy atom. The third-order valence-electron chi connectivity index (χ3n) is 7.65. The second-order valence-electron chi connectivity index (χ2n) is 9.33. The van der Waals surface area contributed by atoms with Crippen LogP contribution in [-0.2, 0) is 6.42 Å². The number of nitrogens with zero attached hydrogens (tertiary/aromatic N) is 2. The summed E-state index contributed by atoms with van der Waals surface area (Å²) in [5, 5.41) is 2.42. The fraction of sp³-hybridized carbons (Fsp3) is 0.346. The Balaban J connectivity index is 0.00000206. The van der Waals surface area contributed by atoms with E-state index in [-0.39, 0.29) is 12.4 Å². The van der Waals surface area contributed by atoms with E-state index in [1.165, 1.54) is 47.8 Å². The number of piperidine rings is 3. The van der Waals surface area contributed by atoms with Crippen LogP contribution < -0.4 is 4.74 Å². The fourth-order valence-corrected chi connectivity index (χ4v) is 5.97. The van der Waals surface area contributed by atoms with Crippen LogP contribution in [0.3, 0.4) is 0 Å². The molecular weight excluding hydrogens is 436 g/mol. The van der Waals surface area contributed by atoms with Gasteiger partial charge in [0.1, 0.15) is 11.3 Å². The van der Waals surface area contributed by atoms with E-state index in [0.29, 0.717) is 12.3 Å². The summed E-state index contributed by atoms with van der Waals surface area (Å²) in [6.45, 7) is 3.67. The first-order valence-electron chi connectivity index (χ1n) is 11.5. The number of ether oxygens (including phenoxy) is 1. The monoisotopic (exact) mass is 462 g/mol. The molecule has 0 saturated carbocycles. The maximum atomic E-state index is 6.24. The highest BCUT2D eigenvalue weighted by atomic mass is 35.5. The normalized spacial score (nSPS) is 22.3. The highest BCUT2D eigenvalue weighted by Crippen LogP contribution is 2.43. The second kappa shape index (κ2) is 7.82. The summed E-state index contributed by atoms with van der Waals surface area (Å²) in [7, 11) is 1.69. The summed E-state index contributed by atoms with van der Waals surface area (Å²) < 4.78 is 11.6. The molecule has 33 heavy (non-hydrogen) atoms. The van der Waals surface area contributed by atoms with Crippen molar-refractivity contribution in [3.05, 3.63) is 59.7 Å². The van der Waals surface area contributed by atoms with Crippen molar-refractivity contribution >= 4 is 45.3 Å². The third-order valence-corrected chi connectivity index (χ3v) is 7.65.